The molecule has 0 amide bonds. The molecule has 1 saturated heterocycles. The van der Waals surface area contributed by atoms with Gasteiger partial charge in [0.05, 0.1) is 6.20 Å². The average Bonchev–Trinajstić information content (AvgIpc) is 2.76. The second kappa shape index (κ2) is 6.34. The Kier molecular flexibility index (Phi) is 4.78. The molecule has 1 aliphatic heterocycles. The van der Waals surface area contributed by atoms with E-state index in [1.165, 1.54) is 44.7 Å². The predicted molar refractivity (Wildman–Crippen MR) is 74.7 cm³/mol. The van der Waals surface area contributed by atoms with Crippen molar-refractivity contribution in [1.82, 2.24) is 19.6 Å². The van der Waals surface area contributed by atoms with Crippen molar-refractivity contribution in [2.75, 3.05) is 32.7 Å². The minimum atomic E-state index is 0.694. The zero-order chi connectivity index (χ0) is 13.0. The third kappa shape index (κ3) is 3.82. The van der Waals surface area contributed by atoms with Crippen LogP contribution in [0.1, 0.15) is 25.8 Å². The van der Waals surface area contributed by atoms with Crippen molar-refractivity contribution in [3.8, 4) is 0 Å². The van der Waals surface area contributed by atoms with Gasteiger partial charge in [0.1, 0.15) is 0 Å². The normalized spacial score (nSPS) is 18.7. The van der Waals surface area contributed by atoms with Crippen molar-refractivity contribution in [2.24, 2.45) is 0 Å². The predicted octanol–water partition coefficient (Wildman–Crippen LogP) is 1.61. The van der Waals surface area contributed by atoms with Crippen molar-refractivity contribution >= 4 is 0 Å². The molecule has 1 aromatic heterocycles. The van der Waals surface area contributed by atoms with Crippen LogP contribution >= 0.6 is 0 Å². The highest BCUT2D eigenvalue weighted by Gasteiger charge is 2.17. The Labute approximate surface area is 111 Å². The summed E-state index contributed by atoms with van der Waals surface area (Å²) in [5.74, 6) is 0. The van der Waals surface area contributed by atoms with Gasteiger partial charge in [0.25, 0.3) is 0 Å². The lowest BCUT2D eigenvalue weighted by Gasteiger charge is -2.36. The van der Waals surface area contributed by atoms with E-state index in [1.54, 1.807) is 0 Å². The molecule has 1 fully saturated rings. The molecule has 0 aromatic carbocycles. The maximum Gasteiger partial charge on any atom is 0.0518 e. The molecule has 0 atom stereocenters. The molecule has 0 N–H and O–H groups in total. The van der Waals surface area contributed by atoms with E-state index in [0.29, 0.717) is 6.04 Å². The van der Waals surface area contributed by atoms with Crippen LogP contribution in [-0.4, -0.2) is 58.3 Å². The molecule has 2 rings (SSSR count). The first-order valence-corrected chi connectivity index (χ1v) is 7.10. The van der Waals surface area contributed by atoms with Crippen molar-refractivity contribution in [3.05, 3.63) is 18.0 Å². The van der Waals surface area contributed by atoms with Crippen molar-refractivity contribution in [2.45, 2.75) is 39.8 Å². The maximum atomic E-state index is 4.32. The van der Waals surface area contributed by atoms with E-state index in [0.717, 1.165) is 6.54 Å². The number of rotatable bonds is 5. The van der Waals surface area contributed by atoms with Gasteiger partial charge in [-0.25, -0.2) is 0 Å². The van der Waals surface area contributed by atoms with E-state index in [-0.39, 0.29) is 0 Å². The zero-order valence-electron chi connectivity index (χ0n) is 12.0. The molecule has 4 nitrogen and oxygen atoms in total. The Morgan fingerprint density at radius 3 is 2.44 bits per heavy atom. The van der Waals surface area contributed by atoms with Crippen LogP contribution < -0.4 is 0 Å². The van der Waals surface area contributed by atoms with Gasteiger partial charge in [-0.15, -0.1) is 0 Å². The lowest BCUT2D eigenvalue weighted by Crippen LogP contribution is -2.49. The average molecular weight is 250 g/mol. The summed E-state index contributed by atoms with van der Waals surface area (Å²) in [6.07, 6.45) is 5.25. The molecular weight excluding hydrogens is 224 g/mol. The summed E-state index contributed by atoms with van der Waals surface area (Å²) in [5.41, 5.74) is 1.25. The van der Waals surface area contributed by atoms with Gasteiger partial charge in [-0.3, -0.25) is 9.58 Å². The highest BCUT2D eigenvalue weighted by Crippen LogP contribution is 2.06. The molecule has 4 heteroatoms. The van der Waals surface area contributed by atoms with Gasteiger partial charge < -0.3 is 4.90 Å². The zero-order valence-corrected chi connectivity index (χ0v) is 12.0. The Morgan fingerprint density at radius 1 is 1.17 bits per heavy atom. The number of hydrogen-bond acceptors (Lipinski definition) is 3. The SMILES string of the molecule is Cc1cnn(CCCN2CCN(C(C)C)CC2)c1. The molecule has 102 valence electrons. The minimum Gasteiger partial charge on any atom is -0.301 e. The van der Waals surface area contributed by atoms with Crippen LogP contribution in [0.2, 0.25) is 0 Å². The fraction of sp³-hybridized carbons (Fsp3) is 0.786. The van der Waals surface area contributed by atoms with Gasteiger partial charge >= 0.3 is 0 Å². The van der Waals surface area contributed by atoms with Crippen molar-refractivity contribution in [1.29, 1.82) is 0 Å². The van der Waals surface area contributed by atoms with E-state index < -0.39 is 0 Å². The molecule has 1 aliphatic rings. The van der Waals surface area contributed by atoms with E-state index in [4.69, 9.17) is 0 Å². The standard InChI is InChI=1S/C14H26N4/c1-13(2)17-9-7-16(8-10-17)5-4-6-18-12-14(3)11-15-18/h11-13H,4-10H2,1-3H3. The number of nitrogens with zero attached hydrogens (tertiary/aromatic N) is 4. The smallest absolute Gasteiger partial charge is 0.0518 e. The third-order valence-electron chi connectivity index (χ3n) is 3.76. The van der Waals surface area contributed by atoms with Crippen LogP contribution in [0, 0.1) is 6.92 Å². The fourth-order valence-corrected chi connectivity index (χ4v) is 2.55. The lowest BCUT2D eigenvalue weighted by atomic mass is 10.2. The molecule has 0 bridgehead atoms. The molecule has 0 radical (unpaired) electrons. The first-order valence-electron chi connectivity index (χ1n) is 7.10. The second-order valence-electron chi connectivity index (χ2n) is 5.61. The summed E-state index contributed by atoms with van der Waals surface area (Å²) in [6.45, 7) is 13.8. The topological polar surface area (TPSA) is 24.3 Å². The van der Waals surface area contributed by atoms with Gasteiger partial charge in [0.2, 0.25) is 0 Å². The quantitative estimate of drug-likeness (QED) is 0.793. The molecule has 1 aromatic rings. The first-order chi connectivity index (χ1) is 8.65. The second-order valence-corrected chi connectivity index (χ2v) is 5.61. The van der Waals surface area contributed by atoms with Gasteiger partial charge in [0, 0.05) is 45.0 Å². The van der Waals surface area contributed by atoms with E-state index >= 15 is 0 Å². The largest absolute Gasteiger partial charge is 0.301 e. The number of piperazine rings is 1. The lowest BCUT2D eigenvalue weighted by molar-refractivity contribution is 0.107. The summed E-state index contributed by atoms with van der Waals surface area (Å²) in [5, 5.41) is 4.32. The van der Waals surface area contributed by atoms with Crippen molar-refractivity contribution < 1.29 is 0 Å². The summed E-state index contributed by atoms with van der Waals surface area (Å²) in [4.78, 5) is 5.14. The maximum absolute atomic E-state index is 4.32. The highest BCUT2D eigenvalue weighted by molar-refractivity contribution is 4.99. The first kappa shape index (κ1) is 13.6. The molecule has 0 aliphatic carbocycles. The number of hydrogen-bond donors (Lipinski definition) is 0. The Morgan fingerprint density at radius 2 is 1.89 bits per heavy atom. The van der Waals surface area contributed by atoms with Gasteiger partial charge in [0.15, 0.2) is 0 Å². The minimum absolute atomic E-state index is 0.694. The molecular formula is C14H26N4. The number of aromatic nitrogens is 2. The molecule has 2 heterocycles. The van der Waals surface area contributed by atoms with E-state index in [2.05, 4.69) is 46.5 Å². The summed E-state index contributed by atoms with van der Waals surface area (Å²) < 4.78 is 2.06. The van der Waals surface area contributed by atoms with E-state index in [1.807, 2.05) is 6.20 Å². The molecule has 0 unspecified atom stereocenters. The third-order valence-corrected chi connectivity index (χ3v) is 3.76. The van der Waals surface area contributed by atoms with Crippen LogP contribution in [0.5, 0.6) is 0 Å². The van der Waals surface area contributed by atoms with Crippen molar-refractivity contribution in [3.63, 3.8) is 0 Å². The Hall–Kier alpha value is -0.870. The molecule has 18 heavy (non-hydrogen) atoms. The van der Waals surface area contributed by atoms with Crippen LogP contribution in [0.4, 0.5) is 0 Å². The van der Waals surface area contributed by atoms with Crippen LogP contribution in [0.25, 0.3) is 0 Å². The monoisotopic (exact) mass is 250 g/mol. The van der Waals surface area contributed by atoms with Gasteiger partial charge in [-0.2, -0.15) is 5.10 Å². The molecule has 0 spiro atoms. The van der Waals surface area contributed by atoms with Gasteiger partial charge in [-0.1, -0.05) is 0 Å². The van der Waals surface area contributed by atoms with Crippen LogP contribution in [-0.2, 0) is 6.54 Å². The summed E-state index contributed by atoms with van der Waals surface area (Å²) in [7, 11) is 0. The highest BCUT2D eigenvalue weighted by atomic mass is 15.3. The number of aryl methyl sites for hydroxylation is 2. The van der Waals surface area contributed by atoms with E-state index in [9.17, 15) is 0 Å². The Balaban J connectivity index is 1.63. The van der Waals surface area contributed by atoms with Crippen LogP contribution in [0.15, 0.2) is 12.4 Å². The summed E-state index contributed by atoms with van der Waals surface area (Å²) in [6, 6.07) is 0.694. The molecule has 0 saturated carbocycles. The van der Waals surface area contributed by atoms with Crippen LogP contribution in [0.3, 0.4) is 0 Å². The summed E-state index contributed by atoms with van der Waals surface area (Å²) >= 11 is 0. The Bertz CT molecular complexity index is 350. The fourth-order valence-electron chi connectivity index (χ4n) is 2.55. The van der Waals surface area contributed by atoms with Gasteiger partial charge in [-0.05, 0) is 39.3 Å².